The van der Waals surface area contributed by atoms with Crippen LogP contribution in [-0.2, 0) is 4.79 Å². The second-order valence-electron chi connectivity index (χ2n) is 6.78. The van der Waals surface area contributed by atoms with Gasteiger partial charge in [-0.3, -0.25) is 4.79 Å². The summed E-state index contributed by atoms with van der Waals surface area (Å²) < 4.78 is 0. The van der Waals surface area contributed by atoms with Crippen LogP contribution in [0, 0.1) is 11.3 Å². The van der Waals surface area contributed by atoms with Crippen LogP contribution in [0.5, 0.6) is 0 Å². The Balaban J connectivity index is 3.72. The van der Waals surface area contributed by atoms with E-state index in [1.54, 1.807) is 6.92 Å². The van der Waals surface area contributed by atoms with E-state index in [9.17, 15) is 9.59 Å². The van der Waals surface area contributed by atoms with Gasteiger partial charge in [0.1, 0.15) is 0 Å². The first-order chi connectivity index (χ1) is 9.11. The number of amides is 2. The van der Waals surface area contributed by atoms with Crippen molar-refractivity contribution < 1.29 is 14.7 Å². The fourth-order valence-electron chi connectivity index (χ4n) is 1.75. The highest BCUT2D eigenvalue weighted by Crippen LogP contribution is 2.16. The van der Waals surface area contributed by atoms with Crippen molar-refractivity contribution in [1.29, 1.82) is 0 Å². The van der Waals surface area contributed by atoms with Crippen LogP contribution in [0.1, 0.15) is 60.3 Å². The molecule has 0 radical (unpaired) electrons. The molecule has 3 N–H and O–H groups in total. The maximum absolute atomic E-state index is 11.6. The van der Waals surface area contributed by atoms with E-state index in [0.717, 1.165) is 19.3 Å². The quantitative estimate of drug-likeness (QED) is 0.642. The minimum atomic E-state index is -0.759. The topological polar surface area (TPSA) is 78.4 Å². The summed E-state index contributed by atoms with van der Waals surface area (Å²) in [5, 5.41) is 14.5. The van der Waals surface area contributed by atoms with Crippen molar-refractivity contribution in [1.82, 2.24) is 10.6 Å². The van der Waals surface area contributed by atoms with Crippen molar-refractivity contribution >= 4 is 12.0 Å². The number of nitrogens with one attached hydrogen (secondary N) is 2. The lowest BCUT2D eigenvalue weighted by Gasteiger charge is -2.19. The Morgan fingerprint density at radius 1 is 1.15 bits per heavy atom. The monoisotopic (exact) mass is 286 g/mol. The van der Waals surface area contributed by atoms with Crippen LogP contribution < -0.4 is 10.6 Å². The Kier molecular flexibility index (Phi) is 8.26. The summed E-state index contributed by atoms with van der Waals surface area (Å²) in [4.78, 5) is 22.3. The van der Waals surface area contributed by atoms with Crippen molar-refractivity contribution in [2.45, 2.75) is 66.3 Å². The molecule has 0 spiro atoms. The van der Waals surface area contributed by atoms with Gasteiger partial charge in [-0.1, -0.05) is 34.1 Å². The van der Waals surface area contributed by atoms with E-state index in [-0.39, 0.29) is 23.4 Å². The molecule has 0 aliphatic carbocycles. The predicted molar refractivity (Wildman–Crippen MR) is 80.7 cm³/mol. The van der Waals surface area contributed by atoms with Gasteiger partial charge in [0.15, 0.2) is 0 Å². The highest BCUT2D eigenvalue weighted by Gasteiger charge is 2.13. The molecule has 2 atom stereocenters. The van der Waals surface area contributed by atoms with Gasteiger partial charge in [0.25, 0.3) is 0 Å². The standard InChI is InChI=1S/C15H30N2O3/c1-11(13(18)19)7-6-8-12(2)17-14(20)16-10-9-15(3,4)5/h11-12H,6-10H2,1-5H3,(H,18,19)(H2,16,17,20). The first-order valence-corrected chi connectivity index (χ1v) is 7.39. The number of carbonyl (C=O) groups excluding carboxylic acids is 1. The van der Waals surface area contributed by atoms with Crippen molar-refractivity contribution in [2.75, 3.05) is 6.54 Å². The molecule has 0 saturated heterocycles. The smallest absolute Gasteiger partial charge is 0.314 e. The molecule has 20 heavy (non-hydrogen) atoms. The number of carbonyl (C=O) groups is 2. The van der Waals surface area contributed by atoms with Crippen LogP contribution in [0.4, 0.5) is 4.79 Å². The van der Waals surface area contributed by atoms with Gasteiger partial charge in [0, 0.05) is 12.6 Å². The zero-order chi connectivity index (χ0) is 15.8. The molecule has 0 saturated carbocycles. The third kappa shape index (κ3) is 10.6. The molecular formula is C15H30N2O3. The van der Waals surface area contributed by atoms with Gasteiger partial charge in [-0.2, -0.15) is 0 Å². The zero-order valence-corrected chi connectivity index (χ0v) is 13.5. The summed E-state index contributed by atoms with van der Waals surface area (Å²) in [5.41, 5.74) is 0.214. The van der Waals surface area contributed by atoms with Crippen LogP contribution in [0.3, 0.4) is 0 Å². The number of carboxylic acid groups (broad SMARTS) is 1. The highest BCUT2D eigenvalue weighted by atomic mass is 16.4. The number of rotatable bonds is 8. The molecule has 0 aromatic carbocycles. The summed E-state index contributed by atoms with van der Waals surface area (Å²) in [5.74, 6) is -1.08. The molecule has 0 aromatic heterocycles. The number of urea groups is 1. The third-order valence-electron chi connectivity index (χ3n) is 3.23. The second-order valence-corrected chi connectivity index (χ2v) is 6.78. The van der Waals surface area contributed by atoms with Gasteiger partial charge in [-0.15, -0.1) is 0 Å². The van der Waals surface area contributed by atoms with Gasteiger partial charge >= 0.3 is 12.0 Å². The molecule has 5 nitrogen and oxygen atoms in total. The van der Waals surface area contributed by atoms with Crippen LogP contribution in [0.25, 0.3) is 0 Å². The highest BCUT2D eigenvalue weighted by molar-refractivity contribution is 5.74. The van der Waals surface area contributed by atoms with E-state index in [2.05, 4.69) is 31.4 Å². The van der Waals surface area contributed by atoms with Gasteiger partial charge in [-0.25, -0.2) is 4.79 Å². The number of carboxylic acids is 1. The lowest BCUT2D eigenvalue weighted by atomic mass is 9.92. The van der Waals surface area contributed by atoms with Crippen LogP contribution in [0.15, 0.2) is 0 Å². The molecule has 0 aliphatic rings. The minimum Gasteiger partial charge on any atom is -0.481 e. The number of aliphatic carboxylic acids is 1. The molecule has 0 rings (SSSR count). The molecular weight excluding hydrogens is 256 g/mol. The predicted octanol–water partition coefficient (Wildman–Crippen LogP) is 3.00. The van der Waals surface area contributed by atoms with Gasteiger partial charge in [0.05, 0.1) is 5.92 Å². The zero-order valence-electron chi connectivity index (χ0n) is 13.5. The van der Waals surface area contributed by atoms with Gasteiger partial charge in [-0.05, 0) is 31.6 Å². The first-order valence-electron chi connectivity index (χ1n) is 7.39. The van der Waals surface area contributed by atoms with E-state index in [4.69, 9.17) is 5.11 Å². The first kappa shape index (κ1) is 18.7. The lowest BCUT2D eigenvalue weighted by molar-refractivity contribution is -0.141. The molecule has 5 heteroatoms. The van der Waals surface area contributed by atoms with E-state index < -0.39 is 5.97 Å². The average Bonchev–Trinajstić information content (AvgIpc) is 2.26. The van der Waals surface area contributed by atoms with Crippen LogP contribution >= 0.6 is 0 Å². The van der Waals surface area contributed by atoms with Crippen molar-refractivity contribution in [3.05, 3.63) is 0 Å². The normalized spacial score (nSPS) is 14.4. The summed E-state index contributed by atoms with van der Waals surface area (Å²) in [6.07, 6.45) is 3.18. The molecule has 0 heterocycles. The Bertz CT molecular complexity index is 311. The number of hydrogen-bond donors (Lipinski definition) is 3. The third-order valence-corrected chi connectivity index (χ3v) is 3.23. The second kappa shape index (κ2) is 8.82. The van der Waals surface area contributed by atoms with Crippen molar-refractivity contribution in [3.8, 4) is 0 Å². The SMILES string of the molecule is CC(CCCC(C)C(=O)O)NC(=O)NCCC(C)(C)C. The van der Waals surface area contributed by atoms with Crippen LogP contribution in [0.2, 0.25) is 0 Å². The molecule has 0 fully saturated rings. The molecule has 118 valence electrons. The molecule has 0 aliphatic heterocycles. The molecule has 2 amide bonds. The molecule has 2 unspecified atom stereocenters. The fourth-order valence-corrected chi connectivity index (χ4v) is 1.75. The Morgan fingerprint density at radius 2 is 1.75 bits per heavy atom. The lowest BCUT2D eigenvalue weighted by Crippen LogP contribution is -2.41. The van der Waals surface area contributed by atoms with Gasteiger partial charge in [0.2, 0.25) is 0 Å². The average molecular weight is 286 g/mol. The molecule has 0 aromatic rings. The Morgan fingerprint density at radius 3 is 2.25 bits per heavy atom. The van der Waals surface area contributed by atoms with E-state index in [0.29, 0.717) is 13.0 Å². The Labute approximate surface area is 122 Å². The maximum Gasteiger partial charge on any atom is 0.314 e. The largest absolute Gasteiger partial charge is 0.481 e. The maximum atomic E-state index is 11.6. The molecule has 0 bridgehead atoms. The van der Waals surface area contributed by atoms with Crippen molar-refractivity contribution in [2.24, 2.45) is 11.3 Å². The van der Waals surface area contributed by atoms with E-state index >= 15 is 0 Å². The van der Waals surface area contributed by atoms with Gasteiger partial charge < -0.3 is 15.7 Å². The number of hydrogen-bond acceptors (Lipinski definition) is 2. The van der Waals surface area contributed by atoms with Crippen molar-refractivity contribution in [3.63, 3.8) is 0 Å². The minimum absolute atomic E-state index is 0.0608. The Hall–Kier alpha value is -1.26. The van der Waals surface area contributed by atoms with E-state index in [1.807, 2.05) is 6.92 Å². The summed E-state index contributed by atoms with van der Waals surface area (Å²) >= 11 is 0. The summed E-state index contributed by atoms with van der Waals surface area (Å²) in [6.45, 7) is 10.7. The fraction of sp³-hybridized carbons (Fsp3) is 0.867. The summed E-state index contributed by atoms with van der Waals surface area (Å²) in [7, 11) is 0. The summed E-state index contributed by atoms with van der Waals surface area (Å²) in [6, 6.07) is -0.0846. The van der Waals surface area contributed by atoms with Crippen LogP contribution in [-0.4, -0.2) is 29.7 Å². The van der Waals surface area contributed by atoms with E-state index in [1.165, 1.54) is 0 Å².